The number of rotatable bonds is 7. The van der Waals surface area contributed by atoms with Gasteiger partial charge in [-0.2, -0.15) is 4.98 Å². The first-order valence-electron chi connectivity index (χ1n) is 7.98. The van der Waals surface area contributed by atoms with E-state index in [-0.39, 0.29) is 0 Å². The molecule has 2 aromatic carbocycles. The molecule has 26 heavy (non-hydrogen) atoms. The lowest BCUT2D eigenvalue weighted by molar-refractivity contribution is 0.355. The van der Waals surface area contributed by atoms with Crippen LogP contribution in [-0.2, 0) is 6.54 Å². The van der Waals surface area contributed by atoms with Crippen molar-refractivity contribution in [3.05, 3.63) is 65.3 Å². The molecule has 0 aliphatic heterocycles. The van der Waals surface area contributed by atoms with Crippen molar-refractivity contribution >= 4 is 29.1 Å². The highest BCUT2D eigenvalue weighted by atomic mass is 35.5. The maximum Gasteiger partial charge on any atom is 0.224 e. The van der Waals surface area contributed by atoms with Gasteiger partial charge in [0, 0.05) is 29.5 Å². The van der Waals surface area contributed by atoms with Gasteiger partial charge in [0.2, 0.25) is 5.95 Å². The Labute approximate surface area is 157 Å². The molecule has 134 valence electrons. The van der Waals surface area contributed by atoms with Gasteiger partial charge in [-0.05, 0) is 35.9 Å². The second-order valence-electron chi connectivity index (χ2n) is 5.44. The van der Waals surface area contributed by atoms with Crippen LogP contribution in [0.15, 0.2) is 54.7 Å². The highest BCUT2D eigenvalue weighted by molar-refractivity contribution is 6.30. The van der Waals surface area contributed by atoms with Gasteiger partial charge in [0.05, 0.1) is 14.2 Å². The van der Waals surface area contributed by atoms with Gasteiger partial charge in [-0.3, -0.25) is 0 Å². The lowest BCUT2D eigenvalue weighted by atomic mass is 10.2. The Morgan fingerprint density at radius 3 is 2.46 bits per heavy atom. The first kappa shape index (κ1) is 17.8. The summed E-state index contributed by atoms with van der Waals surface area (Å²) >= 11 is 5.90. The summed E-state index contributed by atoms with van der Waals surface area (Å²) in [5, 5.41) is 7.14. The van der Waals surface area contributed by atoms with Crippen LogP contribution in [0.3, 0.4) is 0 Å². The van der Waals surface area contributed by atoms with Crippen molar-refractivity contribution in [2.24, 2.45) is 0 Å². The summed E-state index contributed by atoms with van der Waals surface area (Å²) in [6.45, 7) is 0.608. The number of hydrogen-bond acceptors (Lipinski definition) is 6. The zero-order valence-electron chi connectivity index (χ0n) is 14.5. The molecule has 0 unspecified atom stereocenters. The maximum absolute atomic E-state index is 5.90. The Hall–Kier alpha value is -2.99. The molecule has 1 heterocycles. The molecule has 0 fully saturated rings. The van der Waals surface area contributed by atoms with Crippen LogP contribution in [-0.4, -0.2) is 24.2 Å². The number of nitrogens with zero attached hydrogens (tertiary/aromatic N) is 2. The number of nitrogens with one attached hydrogen (secondary N) is 2. The summed E-state index contributed by atoms with van der Waals surface area (Å²) in [5.74, 6) is 2.52. The van der Waals surface area contributed by atoms with Crippen LogP contribution in [0.4, 0.5) is 17.5 Å². The molecule has 0 bridgehead atoms. The smallest absolute Gasteiger partial charge is 0.224 e. The molecule has 0 aliphatic rings. The van der Waals surface area contributed by atoms with E-state index in [0.29, 0.717) is 34.8 Å². The number of anilines is 3. The van der Waals surface area contributed by atoms with Gasteiger partial charge in [-0.25, -0.2) is 4.98 Å². The fourth-order valence-corrected chi connectivity index (χ4v) is 2.48. The molecule has 3 rings (SSSR count). The molecule has 7 heteroatoms. The minimum atomic E-state index is 0.533. The third-order valence-corrected chi connectivity index (χ3v) is 3.93. The van der Waals surface area contributed by atoms with Gasteiger partial charge in [-0.15, -0.1) is 0 Å². The number of aromatic nitrogens is 2. The number of hydrogen-bond donors (Lipinski definition) is 2. The second-order valence-corrected chi connectivity index (χ2v) is 5.88. The van der Waals surface area contributed by atoms with Crippen molar-refractivity contribution in [3.63, 3.8) is 0 Å². The standard InChI is InChI=1S/C19H19ClN4O2/c1-25-16-8-7-15(11-17(16)26-2)23-18-9-10-21-19(24-18)22-12-13-3-5-14(20)6-4-13/h3-11H,12H2,1-2H3,(H2,21,22,23,24). The first-order chi connectivity index (χ1) is 12.7. The van der Waals surface area contributed by atoms with Gasteiger partial charge in [0.25, 0.3) is 0 Å². The Kier molecular flexibility index (Phi) is 5.76. The van der Waals surface area contributed by atoms with Crippen LogP contribution >= 0.6 is 11.6 Å². The Bertz CT molecular complexity index is 872. The Morgan fingerprint density at radius 2 is 1.73 bits per heavy atom. The third-order valence-electron chi connectivity index (χ3n) is 3.68. The van der Waals surface area contributed by atoms with Crippen molar-refractivity contribution in [2.75, 3.05) is 24.9 Å². The van der Waals surface area contributed by atoms with Gasteiger partial charge < -0.3 is 20.1 Å². The molecule has 0 spiro atoms. The monoisotopic (exact) mass is 370 g/mol. The number of halogens is 1. The highest BCUT2D eigenvalue weighted by Gasteiger charge is 2.06. The maximum atomic E-state index is 5.90. The van der Waals surface area contributed by atoms with Crippen molar-refractivity contribution in [3.8, 4) is 11.5 Å². The molecule has 0 saturated heterocycles. The van der Waals surface area contributed by atoms with Crippen LogP contribution in [0.5, 0.6) is 11.5 Å². The van der Waals surface area contributed by atoms with Gasteiger partial charge >= 0.3 is 0 Å². The summed E-state index contributed by atoms with van der Waals surface area (Å²) in [6, 6.07) is 15.0. The van der Waals surface area contributed by atoms with E-state index < -0.39 is 0 Å². The zero-order valence-corrected chi connectivity index (χ0v) is 15.2. The quantitative estimate of drug-likeness (QED) is 0.638. The molecule has 1 aromatic heterocycles. The van der Waals surface area contributed by atoms with E-state index in [4.69, 9.17) is 21.1 Å². The molecule has 0 saturated carbocycles. The van der Waals surface area contributed by atoms with Crippen molar-refractivity contribution in [1.29, 1.82) is 0 Å². The first-order valence-corrected chi connectivity index (χ1v) is 8.36. The van der Waals surface area contributed by atoms with E-state index in [1.807, 2.05) is 42.5 Å². The average molecular weight is 371 g/mol. The predicted molar refractivity (Wildman–Crippen MR) is 104 cm³/mol. The Balaban J connectivity index is 1.68. The van der Waals surface area contributed by atoms with E-state index in [1.165, 1.54) is 0 Å². The SMILES string of the molecule is COc1ccc(Nc2ccnc(NCc3ccc(Cl)cc3)n2)cc1OC. The largest absolute Gasteiger partial charge is 0.493 e. The third kappa shape index (κ3) is 4.55. The lowest BCUT2D eigenvalue weighted by Crippen LogP contribution is -2.05. The van der Waals surface area contributed by atoms with Gasteiger partial charge in [-0.1, -0.05) is 23.7 Å². The van der Waals surface area contributed by atoms with Crippen molar-refractivity contribution in [2.45, 2.75) is 6.54 Å². The van der Waals surface area contributed by atoms with Crippen molar-refractivity contribution < 1.29 is 9.47 Å². The van der Waals surface area contributed by atoms with Crippen molar-refractivity contribution in [1.82, 2.24) is 9.97 Å². The molecule has 3 aromatic rings. The summed E-state index contributed by atoms with van der Waals surface area (Å²) in [4.78, 5) is 8.71. The topological polar surface area (TPSA) is 68.3 Å². The second kappa shape index (κ2) is 8.40. The zero-order chi connectivity index (χ0) is 18.4. The van der Waals surface area contributed by atoms with Gasteiger partial charge in [0.1, 0.15) is 5.82 Å². The number of ether oxygens (including phenoxy) is 2. The minimum Gasteiger partial charge on any atom is -0.493 e. The predicted octanol–water partition coefficient (Wildman–Crippen LogP) is 4.50. The number of benzene rings is 2. The van der Waals surface area contributed by atoms with E-state index >= 15 is 0 Å². The van der Waals surface area contributed by atoms with Crippen LogP contribution in [0, 0.1) is 0 Å². The average Bonchev–Trinajstić information content (AvgIpc) is 2.68. The highest BCUT2D eigenvalue weighted by Crippen LogP contribution is 2.30. The summed E-state index contributed by atoms with van der Waals surface area (Å²) in [7, 11) is 3.21. The van der Waals surface area contributed by atoms with E-state index in [2.05, 4.69) is 20.6 Å². The lowest BCUT2D eigenvalue weighted by Gasteiger charge is -2.11. The minimum absolute atomic E-state index is 0.533. The van der Waals surface area contributed by atoms with Crippen LogP contribution in [0.25, 0.3) is 0 Å². The summed E-state index contributed by atoms with van der Waals surface area (Å²) in [6.07, 6.45) is 1.69. The van der Waals surface area contributed by atoms with Crippen LogP contribution in [0.1, 0.15) is 5.56 Å². The van der Waals surface area contributed by atoms with Gasteiger partial charge in [0.15, 0.2) is 11.5 Å². The van der Waals surface area contributed by atoms with Crippen LogP contribution in [0.2, 0.25) is 5.02 Å². The summed E-state index contributed by atoms with van der Waals surface area (Å²) in [5.41, 5.74) is 1.93. The molecular weight excluding hydrogens is 352 g/mol. The van der Waals surface area contributed by atoms with Crippen LogP contribution < -0.4 is 20.1 Å². The molecule has 0 amide bonds. The summed E-state index contributed by atoms with van der Waals surface area (Å²) < 4.78 is 10.6. The Morgan fingerprint density at radius 1 is 0.962 bits per heavy atom. The molecule has 2 N–H and O–H groups in total. The molecule has 0 radical (unpaired) electrons. The molecule has 0 aliphatic carbocycles. The fraction of sp³-hybridized carbons (Fsp3) is 0.158. The molecular formula is C19H19ClN4O2. The van der Waals surface area contributed by atoms with E-state index in [0.717, 1.165) is 11.3 Å². The fourth-order valence-electron chi connectivity index (χ4n) is 2.36. The molecule has 6 nitrogen and oxygen atoms in total. The number of methoxy groups -OCH3 is 2. The molecule has 0 atom stereocenters. The van der Waals surface area contributed by atoms with E-state index in [1.54, 1.807) is 26.5 Å². The normalized spacial score (nSPS) is 10.3. The van der Waals surface area contributed by atoms with E-state index in [9.17, 15) is 0 Å².